The van der Waals surface area contributed by atoms with Crippen LogP contribution in [0.3, 0.4) is 0 Å². The molecule has 4 atom stereocenters. The Labute approximate surface area is 95.2 Å². The van der Waals surface area contributed by atoms with Crippen molar-refractivity contribution in [1.82, 2.24) is 0 Å². The molecule has 0 radical (unpaired) electrons. The summed E-state index contributed by atoms with van der Waals surface area (Å²) in [7, 11) is 0. The molecule has 0 bridgehead atoms. The highest BCUT2D eigenvalue weighted by molar-refractivity contribution is 5.32. The summed E-state index contributed by atoms with van der Waals surface area (Å²) in [5.41, 5.74) is 2.42. The molecule has 2 heteroatoms. The molecule has 0 saturated carbocycles. The molecular formula is C14H14O2. The van der Waals surface area contributed by atoms with Crippen LogP contribution in [0.25, 0.3) is 0 Å². The largest absolute Gasteiger partial charge is 0.360 e. The number of hydrogen-bond acceptors (Lipinski definition) is 2. The second-order valence-electron chi connectivity index (χ2n) is 4.18. The molecule has 2 aliphatic heterocycles. The molecule has 3 rings (SSSR count). The lowest BCUT2D eigenvalue weighted by atomic mass is 10.0. The summed E-state index contributed by atoms with van der Waals surface area (Å²) in [6, 6.07) is 8.41. The van der Waals surface area contributed by atoms with Crippen LogP contribution in [-0.2, 0) is 9.47 Å². The third-order valence-corrected chi connectivity index (χ3v) is 3.11. The van der Waals surface area contributed by atoms with E-state index in [2.05, 4.69) is 37.4 Å². The van der Waals surface area contributed by atoms with E-state index in [1.54, 1.807) is 0 Å². The molecule has 2 nitrogen and oxygen atoms in total. The topological polar surface area (TPSA) is 25.1 Å². The Bertz CT molecular complexity index is 380. The summed E-state index contributed by atoms with van der Waals surface area (Å²) in [5, 5.41) is 0. The first-order chi connectivity index (χ1) is 7.83. The van der Waals surface area contributed by atoms with Gasteiger partial charge in [0.2, 0.25) is 0 Å². The highest BCUT2D eigenvalue weighted by Gasteiger charge is 2.39. The minimum atomic E-state index is 0.198. The van der Waals surface area contributed by atoms with E-state index in [1.807, 2.05) is 12.2 Å². The van der Waals surface area contributed by atoms with E-state index in [1.165, 1.54) is 11.1 Å². The van der Waals surface area contributed by atoms with Gasteiger partial charge in [-0.3, -0.25) is 0 Å². The Balaban J connectivity index is 1.71. The zero-order valence-electron chi connectivity index (χ0n) is 9.00. The summed E-state index contributed by atoms with van der Waals surface area (Å²) in [4.78, 5) is 0. The van der Waals surface area contributed by atoms with E-state index in [4.69, 9.17) is 9.47 Å². The smallest absolute Gasteiger partial charge is 0.113 e. The molecular weight excluding hydrogens is 200 g/mol. The Hall–Kier alpha value is -1.38. The zero-order chi connectivity index (χ0) is 11.1. The molecule has 2 heterocycles. The van der Waals surface area contributed by atoms with Gasteiger partial charge in [0.1, 0.15) is 24.4 Å². The molecule has 0 N–H and O–H groups in total. The van der Waals surface area contributed by atoms with Crippen LogP contribution < -0.4 is 0 Å². The van der Waals surface area contributed by atoms with Gasteiger partial charge in [-0.1, -0.05) is 36.4 Å². The van der Waals surface area contributed by atoms with Crippen LogP contribution in [0.1, 0.15) is 23.3 Å². The van der Waals surface area contributed by atoms with Crippen LogP contribution in [0.4, 0.5) is 0 Å². The summed E-state index contributed by atoms with van der Waals surface area (Å²) in [5.74, 6) is 0. The summed E-state index contributed by atoms with van der Waals surface area (Å²) >= 11 is 0. The van der Waals surface area contributed by atoms with Crippen LogP contribution in [-0.4, -0.2) is 12.2 Å². The lowest BCUT2D eigenvalue weighted by molar-refractivity contribution is 0.391. The van der Waals surface area contributed by atoms with Crippen molar-refractivity contribution in [3.8, 4) is 0 Å². The summed E-state index contributed by atoms with van der Waals surface area (Å²) in [6.45, 7) is 7.44. The van der Waals surface area contributed by atoms with Crippen LogP contribution in [0.15, 0.2) is 49.6 Å². The lowest BCUT2D eigenvalue weighted by Crippen LogP contribution is -1.88. The molecule has 2 fully saturated rings. The van der Waals surface area contributed by atoms with Crippen LogP contribution in [0.2, 0.25) is 0 Å². The fourth-order valence-corrected chi connectivity index (χ4v) is 2.02. The Morgan fingerprint density at radius 3 is 1.44 bits per heavy atom. The highest BCUT2D eigenvalue weighted by atomic mass is 16.6. The predicted octanol–water partition coefficient (Wildman–Crippen LogP) is 2.94. The monoisotopic (exact) mass is 214 g/mol. The standard InChI is InChI=1S/C14H14O2/c1-3-11-13(15-11)9-5-7-10(8-6-9)14-12(4-2)16-14/h3-8,11-14H,1-2H2. The van der Waals surface area contributed by atoms with Crippen molar-refractivity contribution in [3.05, 3.63) is 60.7 Å². The Kier molecular flexibility index (Phi) is 2.20. The quantitative estimate of drug-likeness (QED) is 0.568. The molecule has 0 spiro atoms. The van der Waals surface area contributed by atoms with Gasteiger partial charge in [0, 0.05) is 0 Å². The minimum Gasteiger partial charge on any atom is -0.360 e. The number of hydrogen-bond donors (Lipinski definition) is 0. The van der Waals surface area contributed by atoms with E-state index < -0.39 is 0 Å². The van der Waals surface area contributed by atoms with Crippen molar-refractivity contribution in [1.29, 1.82) is 0 Å². The molecule has 16 heavy (non-hydrogen) atoms. The van der Waals surface area contributed by atoms with Crippen LogP contribution >= 0.6 is 0 Å². The van der Waals surface area contributed by atoms with E-state index in [-0.39, 0.29) is 24.4 Å². The van der Waals surface area contributed by atoms with Gasteiger partial charge in [-0.15, -0.1) is 13.2 Å². The van der Waals surface area contributed by atoms with Crippen LogP contribution in [0.5, 0.6) is 0 Å². The second kappa shape index (κ2) is 3.58. The highest BCUT2D eigenvalue weighted by Crippen LogP contribution is 2.42. The van der Waals surface area contributed by atoms with Gasteiger partial charge >= 0.3 is 0 Å². The third-order valence-electron chi connectivity index (χ3n) is 3.11. The van der Waals surface area contributed by atoms with Gasteiger partial charge in [-0.2, -0.15) is 0 Å². The molecule has 4 unspecified atom stereocenters. The van der Waals surface area contributed by atoms with Crippen molar-refractivity contribution < 1.29 is 9.47 Å². The van der Waals surface area contributed by atoms with Crippen molar-refractivity contribution in [3.63, 3.8) is 0 Å². The Morgan fingerprint density at radius 1 is 0.812 bits per heavy atom. The van der Waals surface area contributed by atoms with Gasteiger partial charge in [-0.25, -0.2) is 0 Å². The predicted molar refractivity (Wildman–Crippen MR) is 62.1 cm³/mol. The van der Waals surface area contributed by atoms with E-state index >= 15 is 0 Å². The first-order valence-electron chi connectivity index (χ1n) is 5.49. The molecule has 0 amide bonds. The van der Waals surface area contributed by atoms with Crippen molar-refractivity contribution in [2.24, 2.45) is 0 Å². The lowest BCUT2D eigenvalue weighted by Gasteiger charge is -1.98. The molecule has 0 aromatic heterocycles. The van der Waals surface area contributed by atoms with Gasteiger partial charge in [0.15, 0.2) is 0 Å². The molecule has 2 saturated heterocycles. The fourth-order valence-electron chi connectivity index (χ4n) is 2.02. The van der Waals surface area contributed by atoms with Gasteiger partial charge in [0.25, 0.3) is 0 Å². The average molecular weight is 214 g/mol. The second-order valence-corrected chi connectivity index (χ2v) is 4.18. The molecule has 2 aliphatic rings. The minimum absolute atomic E-state index is 0.198. The van der Waals surface area contributed by atoms with E-state index in [9.17, 15) is 0 Å². The molecule has 82 valence electrons. The van der Waals surface area contributed by atoms with Crippen LogP contribution in [0, 0.1) is 0 Å². The Morgan fingerprint density at radius 2 is 1.19 bits per heavy atom. The fraction of sp³-hybridized carbons (Fsp3) is 0.286. The number of ether oxygens (including phenoxy) is 2. The first-order valence-corrected chi connectivity index (χ1v) is 5.49. The SMILES string of the molecule is C=CC1OC1c1ccc(C2OC2C=C)cc1. The maximum atomic E-state index is 5.44. The number of epoxide rings is 2. The van der Waals surface area contributed by atoms with E-state index in [0.717, 1.165) is 0 Å². The third kappa shape index (κ3) is 1.60. The van der Waals surface area contributed by atoms with Gasteiger partial charge in [0.05, 0.1) is 0 Å². The molecule has 0 aliphatic carbocycles. The van der Waals surface area contributed by atoms with Crippen molar-refractivity contribution in [2.45, 2.75) is 24.4 Å². The summed E-state index contributed by atoms with van der Waals surface area (Å²) in [6.07, 6.45) is 4.50. The van der Waals surface area contributed by atoms with Gasteiger partial charge in [-0.05, 0) is 11.1 Å². The van der Waals surface area contributed by atoms with E-state index in [0.29, 0.717) is 0 Å². The maximum absolute atomic E-state index is 5.44. The molecule has 1 aromatic carbocycles. The number of rotatable bonds is 4. The first kappa shape index (κ1) is 9.82. The van der Waals surface area contributed by atoms with Crippen molar-refractivity contribution in [2.75, 3.05) is 0 Å². The van der Waals surface area contributed by atoms with Crippen molar-refractivity contribution >= 4 is 0 Å². The molecule has 1 aromatic rings. The zero-order valence-corrected chi connectivity index (χ0v) is 9.00. The maximum Gasteiger partial charge on any atom is 0.113 e. The van der Waals surface area contributed by atoms with Gasteiger partial charge < -0.3 is 9.47 Å². The average Bonchev–Trinajstić information content (AvgIpc) is 3.22. The normalized spacial score (nSPS) is 35.5. The number of benzene rings is 1. The summed E-state index contributed by atoms with van der Waals surface area (Å²) < 4.78 is 10.9.